The van der Waals surface area contributed by atoms with Crippen molar-refractivity contribution in [1.29, 1.82) is 0 Å². The maximum atomic E-state index is 11.3. The SMILES string of the molecule is O=C1C=CC(=O)N1OC12CCC(CC1)C2. The Morgan fingerprint density at radius 3 is 2.27 bits per heavy atom. The van der Waals surface area contributed by atoms with E-state index >= 15 is 0 Å². The van der Waals surface area contributed by atoms with Crippen LogP contribution in [0, 0.1) is 5.92 Å². The fraction of sp³-hybridized carbons (Fsp3) is 0.636. The topological polar surface area (TPSA) is 46.6 Å². The number of fused-ring (bicyclic) bond motifs is 2. The zero-order valence-electron chi connectivity index (χ0n) is 8.44. The highest BCUT2D eigenvalue weighted by Gasteiger charge is 2.49. The Hall–Kier alpha value is -1.16. The van der Waals surface area contributed by atoms with Crippen LogP contribution in [0.4, 0.5) is 0 Å². The summed E-state index contributed by atoms with van der Waals surface area (Å²) in [5.41, 5.74) is -0.220. The first-order valence-corrected chi connectivity index (χ1v) is 5.44. The molecule has 4 nitrogen and oxygen atoms in total. The van der Waals surface area contributed by atoms with Gasteiger partial charge in [-0.1, -0.05) is 0 Å². The van der Waals surface area contributed by atoms with Gasteiger partial charge in [0.1, 0.15) is 0 Å². The van der Waals surface area contributed by atoms with E-state index in [2.05, 4.69) is 0 Å². The molecule has 2 fully saturated rings. The summed E-state index contributed by atoms with van der Waals surface area (Å²) in [5, 5.41) is 0.924. The third-order valence-corrected chi connectivity index (χ3v) is 3.73. The lowest BCUT2D eigenvalue weighted by Crippen LogP contribution is -2.40. The van der Waals surface area contributed by atoms with Gasteiger partial charge in [0.15, 0.2) is 0 Å². The number of hydrogen-bond acceptors (Lipinski definition) is 3. The molecule has 0 aromatic rings. The highest BCUT2D eigenvalue weighted by Crippen LogP contribution is 2.50. The molecular weight excluding hydrogens is 194 g/mol. The summed E-state index contributed by atoms with van der Waals surface area (Å²) in [4.78, 5) is 28.3. The molecule has 4 heteroatoms. The van der Waals surface area contributed by atoms with E-state index in [1.165, 1.54) is 25.0 Å². The second-order valence-electron chi connectivity index (χ2n) is 4.73. The minimum atomic E-state index is -0.343. The van der Waals surface area contributed by atoms with Crippen LogP contribution in [0.15, 0.2) is 12.2 Å². The van der Waals surface area contributed by atoms with Crippen LogP contribution in [0.3, 0.4) is 0 Å². The van der Waals surface area contributed by atoms with Gasteiger partial charge < -0.3 is 0 Å². The van der Waals surface area contributed by atoms with Gasteiger partial charge in [-0.25, -0.2) is 0 Å². The number of carbonyl (C=O) groups excluding carboxylic acids is 2. The van der Waals surface area contributed by atoms with Crippen molar-refractivity contribution in [2.24, 2.45) is 5.92 Å². The van der Waals surface area contributed by atoms with Crippen molar-refractivity contribution >= 4 is 11.8 Å². The number of nitrogens with zero attached hydrogens (tertiary/aromatic N) is 1. The lowest BCUT2D eigenvalue weighted by Gasteiger charge is -2.29. The van der Waals surface area contributed by atoms with Gasteiger partial charge in [-0.3, -0.25) is 14.4 Å². The fourth-order valence-corrected chi connectivity index (χ4v) is 2.94. The van der Waals surface area contributed by atoms with Crippen LogP contribution in [-0.2, 0) is 14.4 Å². The van der Waals surface area contributed by atoms with Crippen molar-refractivity contribution in [3.63, 3.8) is 0 Å². The summed E-state index contributed by atoms with van der Waals surface area (Å²) in [6.07, 6.45) is 7.83. The minimum absolute atomic E-state index is 0.220. The molecule has 0 aromatic carbocycles. The highest BCUT2D eigenvalue weighted by molar-refractivity contribution is 6.11. The summed E-state index contributed by atoms with van der Waals surface area (Å²) in [6.45, 7) is 0. The Balaban J connectivity index is 1.75. The molecule has 2 bridgehead atoms. The Bertz CT molecular complexity index is 335. The summed E-state index contributed by atoms with van der Waals surface area (Å²) in [5.74, 6) is 0.0558. The van der Waals surface area contributed by atoms with Gasteiger partial charge in [-0.15, -0.1) is 5.06 Å². The zero-order valence-corrected chi connectivity index (χ0v) is 8.44. The van der Waals surface area contributed by atoms with Gasteiger partial charge in [-0.05, 0) is 38.0 Å². The zero-order chi connectivity index (χ0) is 10.5. The largest absolute Gasteiger partial charge is 0.277 e. The molecule has 1 aliphatic heterocycles. The van der Waals surface area contributed by atoms with Crippen molar-refractivity contribution < 1.29 is 14.4 Å². The first kappa shape index (κ1) is 9.09. The molecule has 2 saturated carbocycles. The van der Waals surface area contributed by atoms with Crippen molar-refractivity contribution in [2.45, 2.75) is 37.7 Å². The maximum absolute atomic E-state index is 11.3. The second kappa shape index (κ2) is 2.92. The van der Waals surface area contributed by atoms with Gasteiger partial charge >= 0.3 is 0 Å². The van der Waals surface area contributed by atoms with Gasteiger partial charge in [0.05, 0.1) is 5.60 Å². The molecular formula is C11H13NO3. The normalized spacial score (nSPS) is 38.4. The van der Waals surface area contributed by atoms with Crippen LogP contribution in [0.25, 0.3) is 0 Å². The van der Waals surface area contributed by atoms with E-state index in [-0.39, 0.29) is 17.4 Å². The molecule has 1 heterocycles. The first-order valence-electron chi connectivity index (χ1n) is 5.44. The van der Waals surface area contributed by atoms with Crippen LogP contribution < -0.4 is 0 Å². The molecule has 0 unspecified atom stereocenters. The van der Waals surface area contributed by atoms with E-state index in [0.717, 1.165) is 30.2 Å². The molecule has 2 amide bonds. The van der Waals surface area contributed by atoms with E-state index < -0.39 is 0 Å². The average molecular weight is 207 g/mol. The van der Waals surface area contributed by atoms with Crippen molar-refractivity contribution in [3.05, 3.63) is 12.2 Å². The number of hydrogen-bond donors (Lipinski definition) is 0. The quantitative estimate of drug-likeness (QED) is 0.639. The molecule has 0 spiro atoms. The van der Waals surface area contributed by atoms with Crippen molar-refractivity contribution in [1.82, 2.24) is 5.06 Å². The van der Waals surface area contributed by atoms with Crippen molar-refractivity contribution in [3.8, 4) is 0 Å². The van der Waals surface area contributed by atoms with Crippen molar-refractivity contribution in [2.75, 3.05) is 0 Å². The number of imide groups is 1. The fourth-order valence-electron chi connectivity index (χ4n) is 2.94. The van der Waals surface area contributed by atoms with Gasteiger partial charge in [0.2, 0.25) is 0 Å². The Morgan fingerprint density at radius 1 is 1.20 bits per heavy atom. The van der Waals surface area contributed by atoms with Crippen LogP contribution in [-0.4, -0.2) is 22.5 Å². The van der Waals surface area contributed by atoms with E-state index in [4.69, 9.17) is 4.84 Å². The smallest absolute Gasteiger partial charge is 0.267 e. The molecule has 80 valence electrons. The van der Waals surface area contributed by atoms with E-state index in [1.807, 2.05) is 0 Å². The predicted molar refractivity (Wildman–Crippen MR) is 51.4 cm³/mol. The number of amides is 2. The maximum Gasteiger partial charge on any atom is 0.277 e. The lowest BCUT2D eigenvalue weighted by molar-refractivity contribution is -0.226. The Labute approximate surface area is 87.8 Å². The van der Waals surface area contributed by atoms with Gasteiger partial charge in [0, 0.05) is 12.2 Å². The second-order valence-corrected chi connectivity index (χ2v) is 4.73. The average Bonchev–Trinajstić information content (AvgIpc) is 2.88. The molecule has 0 N–H and O–H groups in total. The van der Waals surface area contributed by atoms with Gasteiger partial charge in [-0.2, -0.15) is 0 Å². The third kappa shape index (κ3) is 1.32. The molecule has 0 atom stereocenters. The molecule has 0 saturated heterocycles. The minimum Gasteiger partial charge on any atom is -0.267 e. The predicted octanol–water partition coefficient (Wildman–Crippen LogP) is 1.18. The van der Waals surface area contributed by atoms with Crippen LogP contribution >= 0.6 is 0 Å². The van der Waals surface area contributed by atoms with Gasteiger partial charge in [0.25, 0.3) is 11.8 Å². The number of hydroxylamine groups is 2. The third-order valence-electron chi connectivity index (χ3n) is 3.73. The number of rotatable bonds is 2. The van der Waals surface area contributed by atoms with Crippen LogP contribution in [0.1, 0.15) is 32.1 Å². The molecule has 15 heavy (non-hydrogen) atoms. The number of carbonyl (C=O) groups is 2. The highest BCUT2D eigenvalue weighted by atomic mass is 16.7. The first-order chi connectivity index (χ1) is 7.19. The van der Waals surface area contributed by atoms with E-state index in [1.54, 1.807) is 0 Å². The Morgan fingerprint density at radius 2 is 1.80 bits per heavy atom. The van der Waals surface area contributed by atoms with E-state index in [0.29, 0.717) is 0 Å². The standard InChI is InChI=1S/C11H13NO3/c13-9-1-2-10(14)12(9)15-11-5-3-8(7-11)4-6-11/h1-2,8H,3-7H2. The Kier molecular flexibility index (Phi) is 1.77. The molecule has 2 aliphatic carbocycles. The monoisotopic (exact) mass is 207 g/mol. The molecule has 0 aromatic heterocycles. The summed E-state index contributed by atoms with van der Waals surface area (Å²) < 4.78 is 0. The van der Waals surface area contributed by atoms with Crippen LogP contribution in [0.5, 0.6) is 0 Å². The molecule has 3 aliphatic rings. The molecule has 3 rings (SSSR count). The van der Waals surface area contributed by atoms with E-state index in [9.17, 15) is 9.59 Å². The summed E-state index contributed by atoms with van der Waals surface area (Å²) in [6, 6.07) is 0. The summed E-state index contributed by atoms with van der Waals surface area (Å²) in [7, 11) is 0. The lowest BCUT2D eigenvalue weighted by atomic mass is 9.97. The summed E-state index contributed by atoms with van der Waals surface area (Å²) >= 11 is 0. The van der Waals surface area contributed by atoms with Crippen LogP contribution in [0.2, 0.25) is 0 Å². The molecule has 0 radical (unpaired) electrons.